The van der Waals surface area contributed by atoms with Gasteiger partial charge in [-0.3, -0.25) is 4.90 Å². The molecule has 2 saturated heterocycles. The number of sulfone groups is 1. The summed E-state index contributed by atoms with van der Waals surface area (Å²) in [4.78, 5) is 2.35. The number of nitrogens with one attached hydrogen (secondary N) is 1. The molecule has 0 saturated carbocycles. The van der Waals surface area contributed by atoms with Crippen LogP contribution in [0.5, 0.6) is 0 Å². The molecule has 0 bridgehead atoms. The molecule has 5 heteroatoms. The number of hydrogen-bond acceptors (Lipinski definition) is 4. The molecule has 0 radical (unpaired) electrons. The zero-order chi connectivity index (χ0) is 11.8. The highest BCUT2D eigenvalue weighted by Gasteiger charge is 2.34. The zero-order valence-electron chi connectivity index (χ0n) is 10.2. The van der Waals surface area contributed by atoms with Crippen molar-refractivity contribution in [1.29, 1.82) is 0 Å². The van der Waals surface area contributed by atoms with Crippen molar-refractivity contribution in [2.45, 2.75) is 38.3 Å². The second-order valence-electron chi connectivity index (χ2n) is 5.65. The molecule has 94 valence electrons. The average molecular weight is 246 g/mol. The lowest BCUT2D eigenvalue weighted by atomic mass is 10.0. The monoisotopic (exact) mass is 246 g/mol. The summed E-state index contributed by atoms with van der Waals surface area (Å²) in [6, 6.07) is 0.265. The molecule has 2 aliphatic rings. The molecule has 0 spiro atoms. The highest BCUT2D eigenvalue weighted by Crippen LogP contribution is 2.21. The van der Waals surface area contributed by atoms with E-state index in [-0.39, 0.29) is 11.6 Å². The SMILES string of the molecule is CC1(C)CCN(C2CCS(=O)(=O)C2)CCN1. The van der Waals surface area contributed by atoms with Crippen molar-refractivity contribution >= 4 is 9.84 Å². The van der Waals surface area contributed by atoms with Gasteiger partial charge in [-0.1, -0.05) is 0 Å². The van der Waals surface area contributed by atoms with Gasteiger partial charge in [0.2, 0.25) is 0 Å². The third-order valence-electron chi connectivity index (χ3n) is 3.75. The van der Waals surface area contributed by atoms with Gasteiger partial charge in [0.05, 0.1) is 11.5 Å². The summed E-state index contributed by atoms with van der Waals surface area (Å²) in [5.74, 6) is 0.748. The Labute approximate surface area is 98.3 Å². The van der Waals surface area contributed by atoms with E-state index in [1.54, 1.807) is 0 Å². The third kappa shape index (κ3) is 2.96. The van der Waals surface area contributed by atoms with Crippen LogP contribution in [0.3, 0.4) is 0 Å². The van der Waals surface area contributed by atoms with Crippen LogP contribution < -0.4 is 5.32 Å². The van der Waals surface area contributed by atoms with Gasteiger partial charge in [-0.15, -0.1) is 0 Å². The maximum absolute atomic E-state index is 11.5. The predicted octanol–water partition coefficient (Wildman–Crippen LogP) is 0.247. The summed E-state index contributed by atoms with van der Waals surface area (Å²) in [6.45, 7) is 7.37. The second-order valence-corrected chi connectivity index (χ2v) is 7.88. The fraction of sp³-hybridized carbons (Fsp3) is 1.00. The Balaban J connectivity index is 1.96. The summed E-state index contributed by atoms with van der Waals surface area (Å²) in [5.41, 5.74) is 0.187. The minimum atomic E-state index is -2.75. The lowest BCUT2D eigenvalue weighted by Crippen LogP contribution is -2.39. The van der Waals surface area contributed by atoms with Gasteiger partial charge in [0, 0.05) is 31.2 Å². The minimum Gasteiger partial charge on any atom is -0.310 e. The van der Waals surface area contributed by atoms with Crippen molar-refractivity contribution in [3.05, 3.63) is 0 Å². The Kier molecular flexibility index (Phi) is 3.29. The van der Waals surface area contributed by atoms with Gasteiger partial charge >= 0.3 is 0 Å². The second kappa shape index (κ2) is 4.27. The van der Waals surface area contributed by atoms with Crippen LogP contribution in [0.1, 0.15) is 26.7 Å². The largest absolute Gasteiger partial charge is 0.310 e. The Morgan fingerprint density at radius 1 is 1.31 bits per heavy atom. The highest BCUT2D eigenvalue weighted by atomic mass is 32.2. The Hall–Kier alpha value is -0.130. The first-order valence-electron chi connectivity index (χ1n) is 6.07. The molecule has 0 amide bonds. The molecule has 0 aromatic carbocycles. The van der Waals surface area contributed by atoms with E-state index < -0.39 is 9.84 Å². The highest BCUT2D eigenvalue weighted by molar-refractivity contribution is 7.91. The van der Waals surface area contributed by atoms with Gasteiger partial charge in [-0.05, 0) is 26.7 Å². The van der Waals surface area contributed by atoms with Crippen LogP contribution in [0, 0.1) is 0 Å². The number of hydrogen-bond donors (Lipinski definition) is 1. The van der Waals surface area contributed by atoms with E-state index in [0.29, 0.717) is 11.5 Å². The summed E-state index contributed by atoms with van der Waals surface area (Å²) < 4.78 is 22.9. The van der Waals surface area contributed by atoms with E-state index in [0.717, 1.165) is 32.5 Å². The molecular weight excluding hydrogens is 224 g/mol. The molecule has 1 N–H and O–H groups in total. The van der Waals surface area contributed by atoms with Crippen molar-refractivity contribution in [2.75, 3.05) is 31.1 Å². The minimum absolute atomic E-state index is 0.187. The van der Waals surface area contributed by atoms with Crippen molar-refractivity contribution in [1.82, 2.24) is 10.2 Å². The van der Waals surface area contributed by atoms with Crippen LogP contribution in [0.15, 0.2) is 0 Å². The Morgan fingerprint density at radius 2 is 2.06 bits per heavy atom. The molecule has 0 aromatic rings. The van der Waals surface area contributed by atoms with Crippen molar-refractivity contribution in [3.63, 3.8) is 0 Å². The molecule has 16 heavy (non-hydrogen) atoms. The fourth-order valence-corrected chi connectivity index (χ4v) is 4.35. The first kappa shape index (κ1) is 12.3. The summed E-state index contributed by atoms with van der Waals surface area (Å²) in [5, 5.41) is 3.50. The van der Waals surface area contributed by atoms with Gasteiger partial charge < -0.3 is 5.32 Å². The first-order valence-corrected chi connectivity index (χ1v) is 7.90. The van der Waals surface area contributed by atoms with Crippen molar-refractivity contribution in [2.24, 2.45) is 0 Å². The van der Waals surface area contributed by atoms with Crippen molar-refractivity contribution in [3.8, 4) is 0 Å². The summed E-state index contributed by atoms with van der Waals surface area (Å²) in [6.07, 6.45) is 1.91. The van der Waals surface area contributed by atoms with E-state index in [1.165, 1.54) is 0 Å². The molecule has 0 aromatic heterocycles. The van der Waals surface area contributed by atoms with E-state index in [1.807, 2.05) is 0 Å². The van der Waals surface area contributed by atoms with Crippen LogP contribution in [0.2, 0.25) is 0 Å². The summed E-state index contributed by atoms with van der Waals surface area (Å²) >= 11 is 0. The first-order chi connectivity index (χ1) is 7.38. The molecule has 1 unspecified atom stereocenters. The molecule has 4 nitrogen and oxygen atoms in total. The van der Waals surface area contributed by atoms with Crippen LogP contribution in [-0.4, -0.2) is 56.0 Å². The molecule has 2 aliphatic heterocycles. The smallest absolute Gasteiger partial charge is 0.151 e. The molecule has 0 aliphatic carbocycles. The topological polar surface area (TPSA) is 49.4 Å². The summed E-state index contributed by atoms with van der Waals surface area (Å²) in [7, 11) is -2.75. The van der Waals surface area contributed by atoms with E-state index in [2.05, 4.69) is 24.1 Å². The van der Waals surface area contributed by atoms with Crippen LogP contribution in [-0.2, 0) is 9.84 Å². The van der Waals surface area contributed by atoms with Crippen LogP contribution >= 0.6 is 0 Å². The quantitative estimate of drug-likeness (QED) is 0.720. The van der Waals surface area contributed by atoms with Gasteiger partial charge in [-0.25, -0.2) is 8.42 Å². The predicted molar refractivity (Wildman–Crippen MR) is 65.3 cm³/mol. The van der Waals surface area contributed by atoms with Gasteiger partial charge in [-0.2, -0.15) is 0 Å². The zero-order valence-corrected chi connectivity index (χ0v) is 11.0. The molecular formula is C11H22N2O2S. The van der Waals surface area contributed by atoms with Crippen molar-refractivity contribution < 1.29 is 8.42 Å². The number of nitrogens with zero attached hydrogens (tertiary/aromatic N) is 1. The lowest BCUT2D eigenvalue weighted by Gasteiger charge is -2.27. The Bertz CT molecular complexity index is 351. The molecule has 2 rings (SSSR count). The molecule has 1 atom stereocenters. The Morgan fingerprint density at radius 3 is 2.69 bits per heavy atom. The maximum atomic E-state index is 11.5. The van der Waals surface area contributed by atoms with E-state index in [4.69, 9.17) is 0 Å². The van der Waals surface area contributed by atoms with Crippen LogP contribution in [0.25, 0.3) is 0 Å². The standard InChI is InChI=1S/C11H22N2O2S/c1-11(2)4-6-13(7-5-12-11)10-3-8-16(14,15)9-10/h10,12H,3-9H2,1-2H3. The normalized spacial score (nSPS) is 34.8. The van der Waals surface area contributed by atoms with Gasteiger partial charge in [0.15, 0.2) is 9.84 Å². The van der Waals surface area contributed by atoms with Gasteiger partial charge in [0.25, 0.3) is 0 Å². The van der Waals surface area contributed by atoms with Gasteiger partial charge in [0.1, 0.15) is 0 Å². The van der Waals surface area contributed by atoms with Crippen LogP contribution in [0.4, 0.5) is 0 Å². The van der Waals surface area contributed by atoms with E-state index >= 15 is 0 Å². The lowest BCUT2D eigenvalue weighted by molar-refractivity contribution is 0.222. The fourth-order valence-electron chi connectivity index (χ4n) is 2.59. The van der Waals surface area contributed by atoms with E-state index in [9.17, 15) is 8.42 Å². The number of rotatable bonds is 1. The molecule has 2 heterocycles. The average Bonchev–Trinajstić information content (AvgIpc) is 2.41. The molecule has 2 fully saturated rings. The maximum Gasteiger partial charge on any atom is 0.151 e. The third-order valence-corrected chi connectivity index (χ3v) is 5.50.